The highest BCUT2D eigenvalue weighted by Crippen LogP contribution is 2.32. The lowest BCUT2D eigenvalue weighted by atomic mass is 9.74. The largest absolute Gasteiger partial charge is 0.493 e. The molecule has 0 bridgehead atoms. The number of carbonyl (C=O) groups excluding carboxylic acids is 1. The van der Waals surface area contributed by atoms with E-state index in [2.05, 4.69) is 12.2 Å². The van der Waals surface area contributed by atoms with Crippen LogP contribution in [0.5, 0.6) is 11.5 Å². The van der Waals surface area contributed by atoms with Gasteiger partial charge in [-0.1, -0.05) is 25.8 Å². The fourth-order valence-electron chi connectivity index (χ4n) is 3.25. The van der Waals surface area contributed by atoms with Gasteiger partial charge in [0, 0.05) is 12.1 Å². The lowest BCUT2D eigenvalue weighted by molar-refractivity contribution is -0.128. The Morgan fingerprint density at radius 1 is 1.36 bits per heavy atom. The molecular weight excluding hydrogens is 340 g/mol. The van der Waals surface area contributed by atoms with Gasteiger partial charge in [-0.15, -0.1) is 12.4 Å². The second kappa shape index (κ2) is 9.88. The Kier molecular flexibility index (Phi) is 8.53. The number of benzene rings is 1. The Balaban J connectivity index is 0.00000312. The van der Waals surface area contributed by atoms with Crippen molar-refractivity contribution in [1.82, 2.24) is 5.32 Å². The molecule has 0 aromatic heterocycles. The molecule has 2 rings (SSSR count). The van der Waals surface area contributed by atoms with Crippen LogP contribution in [-0.2, 0) is 11.3 Å². The fourth-order valence-corrected chi connectivity index (χ4v) is 3.25. The molecule has 142 valence electrons. The average Bonchev–Trinajstić information content (AvgIpc) is 2.57. The summed E-state index contributed by atoms with van der Waals surface area (Å²) in [6.45, 7) is 5.17. The number of methoxy groups -OCH3 is 1. The van der Waals surface area contributed by atoms with Crippen LogP contribution in [0.2, 0.25) is 0 Å². The van der Waals surface area contributed by atoms with Gasteiger partial charge in [-0.3, -0.25) is 4.79 Å². The van der Waals surface area contributed by atoms with Crippen LogP contribution in [-0.4, -0.2) is 25.2 Å². The third-order valence-electron chi connectivity index (χ3n) is 4.73. The molecule has 1 aromatic carbocycles. The van der Waals surface area contributed by atoms with E-state index in [0.717, 1.165) is 43.4 Å². The zero-order chi connectivity index (χ0) is 17.6. The second-order valence-electron chi connectivity index (χ2n) is 6.86. The summed E-state index contributed by atoms with van der Waals surface area (Å²) >= 11 is 0. The zero-order valence-corrected chi connectivity index (χ0v) is 16.3. The quantitative estimate of drug-likeness (QED) is 0.771. The Labute approximate surface area is 157 Å². The first-order chi connectivity index (χ1) is 11.5. The lowest BCUT2D eigenvalue weighted by Gasteiger charge is -2.37. The van der Waals surface area contributed by atoms with Crippen molar-refractivity contribution in [3.05, 3.63) is 23.8 Å². The first-order valence-electron chi connectivity index (χ1n) is 8.84. The van der Waals surface area contributed by atoms with Crippen LogP contribution in [0.15, 0.2) is 18.2 Å². The van der Waals surface area contributed by atoms with Gasteiger partial charge in [0.2, 0.25) is 5.91 Å². The van der Waals surface area contributed by atoms with Crippen molar-refractivity contribution < 1.29 is 14.3 Å². The summed E-state index contributed by atoms with van der Waals surface area (Å²) in [5.41, 5.74) is 6.89. The summed E-state index contributed by atoms with van der Waals surface area (Å²) in [6.07, 6.45) is 4.89. The van der Waals surface area contributed by atoms with Crippen LogP contribution in [0.3, 0.4) is 0 Å². The van der Waals surface area contributed by atoms with Crippen molar-refractivity contribution in [3.8, 4) is 11.5 Å². The van der Waals surface area contributed by atoms with E-state index in [4.69, 9.17) is 15.2 Å². The van der Waals surface area contributed by atoms with E-state index in [1.54, 1.807) is 7.11 Å². The maximum Gasteiger partial charge on any atom is 0.225 e. The van der Waals surface area contributed by atoms with Crippen molar-refractivity contribution in [2.75, 3.05) is 13.7 Å². The number of amides is 1. The molecule has 0 radical (unpaired) electrons. The van der Waals surface area contributed by atoms with Gasteiger partial charge in [0.15, 0.2) is 11.5 Å². The number of carbonyl (C=O) groups is 1. The molecule has 2 atom stereocenters. The molecule has 25 heavy (non-hydrogen) atoms. The van der Waals surface area contributed by atoms with Gasteiger partial charge in [-0.05, 0) is 43.9 Å². The van der Waals surface area contributed by atoms with E-state index >= 15 is 0 Å². The van der Waals surface area contributed by atoms with Gasteiger partial charge in [0.25, 0.3) is 0 Å². The van der Waals surface area contributed by atoms with Gasteiger partial charge >= 0.3 is 0 Å². The van der Waals surface area contributed by atoms with E-state index in [-0.39, 0.29) is 24.2 Å². The van der Waals surface area contributed by atoms with E-state index in [1.165, 1.54) is 0 Å². The minimum absolute atomic E-state index is 0. The monoisotopic (exact) mass is 370 g/mol. The van der Waals surface area contributed by atoms with Crippen molar-refractivity contribution in [3.63, 3.8) is 0 Å². The molecular formula is C19H31ClN2O3. The molecule has 1 aliphatic carbocycles. The maximum atomic E-state index is 12.5. The highest BCUT2D eigenvalue weighted by molar-refractivity contribution is 5.85. The molecule has 1 aliphatic rings. The standard InChI is InChI=1S/C19H30N2O3.ClH/c1-4-11-24-16-9-8-14(12-17(16)23-3)13-21-18(22)15-7-5-6-10-19(15,2)20;/h8-9,12,15H,4-7,10-11,13,20H2,1-3H3,(H,21,22);1H. The first-order valence-corrected chi connectivity index (χ1v) is 8.84. The number of hydrogen-bond acceptors (Lipinski definition) is 4. The Hall–Kier alpha value is -1.46. The molecule has 6 heteroatoms. The van der Waals surface area contributed by atoms with E-state index in [9.17, 15) is 4.79 Å². The zero-order valence-electron chi connectivity index (χ0n) is 15.5. The SMILES string of the molecule is CCCOc1ccc(CNC(=O)C2CCCCC2(C)N)cc1OC.Cl. The van der Waals surface area contributed by atoms with Crippen LogP contribution in [0, 0.1) is 5.92 Å². The number of hydrogen-bond donors (Lipinski definition) is 2. The number of halogens is 1. The number of nitrogens with one attached hydrogen (secondary N) is 1. The summed E-state index contributed by atoms with van der Waals surface area (Å²) in [6, 6.07) is 5.76. The summed E-state index contributed by atoms with van der Waals surface area (Å²) in [7, 11) is 1.62. The number of rotatable bonds is 7. The minimum atomic E-state index is -0.405. The fraction of sp³-hybridized carbons (Fsp3) is 0.632. The van der Waals surface area contributed by atoms with Crippen LogP contribution in [0.4, 0.5) is 0 Å². The van der Waals surface area contributed by atoms with E-state index in [1.807, 2.05) is 25.1 Å². The molecule has 0 saturated heterocycles. The van der Waals surface area contributed by atoms with Crippen LogP contribution in [0.1, 0.15) is 51.5 Å². The maximum absolute atomic E-state index is 12.5. The normalized spacial score (nSPS) is 22.6. The molecule has 0 heterocycles. The lowest BCUT2D eigenvalue weighted by Crippen LogP contribution is -2.52. The second-order valence-corrected chi connectivity index (χ2v) is 6.86. The van der Waals surface area contributed by atoms with Crippen molar-refractivity contribution in [1.29, 1.82) is 0 Å². The Bertz CT molecular complexity index is 564. The third kappa shape index (κ3) is 5.79. The van der Waals surface area contributed by atoms with E-state index < -0.39 is 5.54 Å². The third-order valence-corrected chi connectivity index (χ3v) is 4.73. The van der Waals surface area contributed by atoms with Crippen LogP contribution >= 0.6 is 12.4 Å². The van der Waals surface area contributed by atoms with Gasteiger partial charge in [0.1, 0.15) is 0 Å². The molecule has 1 amide bonds. The minimum Gasteiger partial charge on any atom is -0.493 e. The summed E-state index contributed by atoms with van der Waals surface area (Å²) in [5.74, 6) is 1.36. The summed E-state index contributed by atoms with van der Waals surface area (Å²) in [4.78, 5) is 12.5. The molecule has 1 aromatic rings. The molecule has 0 aliphatic heterocycles. The Morgan fingerprint density at radius 2 is 2.12 bits per heavy atom. The van der Waals surface area contributed by atoms with Gasteiger partial charge in [-0.25, -0.2) is 0 Å². The van der Waals surface area contributed by atoms with Crippen molar-refractivity contribution in [2.45, 2.75) is 58.0 Å². The molecule has 2 unspecified atom stereocenters. The van der Waals surface area contributed by atoms with Gasteiger partial charge < -0.3 is 20.5 Å². The predicted octanol–water partition coefficient (Wildman–Crippen LogP) is 3.43. The van der Waals surface area contributed by atoms with Gasteiger partial charge in [-0.2, -0.15) is 0 Å². The summed E-state index contributed by atoms with van der Waals surface area (Å²) < 4.78 is 11.0. The van der Waals surface area contributed by atoms with Crippen molar-refractivity contribution in [2.24, 2.45) is 11.7 Å². The first kappa shape index (κ1) is 21.6. The average molecular weight is 371 g/mol. The number of ether oxygens (including phenoxy) is 2. The molecule has 1 saturated carbocycles. The van der Waals surface area contributed by atoms with Crippen molar-refractivity contribution >= 4 is 18.3 Å². The highest BCUT2D eigenvalue weighted by atomic mass is 35.5. The summed E-state index contributed by atoms with van der Waals surface area (Å²) in [5, 5.41) is 3.02. The highest BCUT2D eigenvalue weighted by Gasteiger charge is 2.37. The molecule has 3 N–H and O–H groups in total. The predicted molar refractivity (Wildman–Crippen MR) is 102 cm³/mol. The topological polar surface area (TPSA) is 73.6 Å². The molecule has 5 nitrogen and oxygen atoms in total. The van der Waals surface area contributed by atoms with Crippen LogP contribution < -0.4 is 20.5 Å². The molecule has 0 spiro atoms. The smallest absolute Gasteiger partial charge is 0.225 e. The van der Waals surface area contributed by atoms with E-state index in [0.29, 0.717) is 18.9 Å². The number of nitrogens with two attached hydrogens (primary N) is 1. The van der Waals surface area contributed by atoms with Gasteiger partial charge in [0.05, 0.1) is 19.6 Å². The Morgan fingerprint density at radius 3 is 2.76 bits per heavy atom. The van der Waals surface area contributed by atoms with Crippen LogP contribution in [0.25, 0.3) is 0 Å². The molecule has 1 fully saturated rings.